The van der Waals surface area contributed by atoms with Gasteiger partial charge in [-0.15, -0.1) is 0 Å². The Kier molecular flexibility index (Phi) is 5.66. The second kappa shape index (κ2) is 8.55. The molecule has 2 amide bonds. The van der Waals surface area contributed by atoms with Crippen molar-refractivity contribution < 1.29 is 19.1 Å². The van der Waals surface area contributed by atoms with Crippen LogP contribution in [0.5, 0.6) is 0 Å². The summed E-state index contributed by atoms with van der Waals surface area (Å²) in [6, 6.07) is 14.6. The van der Waals surface area contributed by atoms with E-state index in [4.69, 9.17) is 4.74 Å². The van der Waals surface area contributed by atoms with Crippen LogP contribution >= 0.6 is 0 Å². The number of esters is 1. The monoisotopic (exact) mass is 417 g/mol. The van der Waals surface area contributed by atoms with Crippen molar-refractivity contribution in [1.29, 1.82) is 0 Å². The lowest BCUT2D eigenvalue weighted by Crippen LogP contribution is -2.24. The first-order valence-corrected chi connectivity index (χ1v) is 10.2. The number of rotatable bonds is 5. The van der Waals surface area contributed by atoms with Crippen molar-refractivity contribution in [2.75, 3.05) is 23.4 Å². The molecule has 0 radical (unpaired) electrons. The Morgan fingerprint density at radius 1 is 1.10 bits per heavy atom. The molecule has 0 aliphatic carbocycles. The molecule has 158 valence electrons. The molecule has 1 aromatic heterocycles. The van der Waals surface area contributed by atoms with Crippen molar-refractivity contribution >= 4 is 40.1 Å². The van der Waals surface area contributed by atoms with Crippen LogP contribution in [0.25, 0.3) is 10.9 Å². The highest BCUT2D eigenvalue weighted by Crippen LogP contribution is 2.24. The molecular weight excluding hydrogens is 394 g/mol. The lowest BCUT2D eigenvalue weighted by atomic mass is 10.0. The molecule has 2 aromatic carbocycles. The third-order valence-electron chi connectivity index (χ3n) is 5.41. The fourth-order valence-corrected chi connectivity index (χ4v) is 3.88. The van der Waals surface area contributed by atoms with E-state index in [1.807, 2.05) is 31.2 Å². The van der Waals surface area contributed by atoms with Gasteiger partial charge >= 0.3 is 5.97 Å². The number of pyridine rings is 1. The molecular formula is C24H23N3O4. The highest BCUT2D eigenvalue weighted by molar-refractivity contribution is 6.00. The summed E-state index contributed by atoms with van der Waals surface area (Å²) >= 11 is 0. The Hall–Kier alpha value is -3.74. The molecule has 31 heavy (non-hydrogen) atoms. The Balaban J connectivity index is 1.38. The van der Waals surface area contributed by atoms with E-state index in [0.29, 0.717) is 29.9 Å². The van der Waals surface area contributed by atoms with E-state index in [2.05, 4.69) is 10.3 Å². The Morgan fingerprint density at radius 2 is 1.84 bits per heavy atom. The summed E-state index contributed by atoms with van der Waals surface area (Å²) < 4.78 is 5.25. The molecule has 1 saturated heterocycles. The van der Waals surface area contributed by atoms with Gasteiger partial charge in [-0.2, -0.15) is 0 Å². The maximum absolute atomic E-state index is 12.6. The second-order valence-electron chi connectivity index (χ2n) is 7.53. The normalized spacial score (nSPS) is 13.5. The second-order valence-corrected chi connectivity index (χ2v) is 7.53. The lowest BCUT2D eigenvalue weighted by molar-refractivity contribution is -0.119. The van der Waals surface area contributed by atoms with Gasteiger partial charge in [-0.3, -0.25) is 14.6 Å². The number of fused-ring (bicyclic) bond motifs is 1. The molecule has 0 unspecified atom stereocenters. The summed E-state index contributed by atoms with van der Waals surface area (Å²) in [5.74, 6) is -0.911. The summed E-state index contributed by atoms with van der Waals surface area (Å²) in [4.78, 5) is 42.9. The molecule has 0 saturated carbocycles. The zero-order chi connectivity index (χ0) is 22.0. The van der Waals surface area contributed by atoms with Crippen LogP contribution in [0.1, 0.15) is 34.5 Å². The van der Waals surface area contributed by atoms with Crippen molar-refractivity contribution in [3.05, 3.63) is 65.4 Å². The predicted molar refractivity (Wildman–Crippen MR) is 118 cm³/mol. The third kappa shape index (κ3) is 4.26. The number of carbonyl (C=O) groups is 3. The van der Waals surface area contributed by atoms with Gasteiger partial charge in [-0.1, -0.05) is 18.2 Å². The summed E-state index contributed by atoms with van der Waals surface area (Å²) in [5.41, 5.74) is 3.91. The van der Waals surface area contributed by atoms with E-state index in [1.54, 1.807) is 36.1 Å². The summed E-state index contributed by atoms with van der Waals surface area (Å²) in [5, 5.41) is 3.58. The molecule has 0 bridgehead atoms. The van der Waals surface area contributed by atoms with Crippen molar-refractivity contribution in [2.24, 2.45) is 0 Å². The maximum atomic E-state index is 12.6. The number of nitrogens with zero attached hydrogens (tertiary/aromatic N) is 2. The zero-order valence-electron chi connectivity index (χ0n) is 17.5. The molecule has 1 N–H and O–H groups in total. The summed E-state index contributed by atoms with van der Waals surface area (Å²) in [6.45, 7) is 3.91. The van der Waals surface area contributed by atoms with Crippen LogP contribution in [0.3, 0.4) is 0 Å². The maximum Gasteiger partial charge on any atom is 0.340 e. The van der Waals surface area contributed by atoms with Crippen molar-refractivity contribution in [2.45, 2.75) is 26.7 Å². The summed E-state index contributed by atoms with van der Waals surface area (Å²) in [7, 11) is 0. The molecule has 1 aliphatic heterocycles. The van der Waals surface area contributed by atoms with Gasteiger partial charge in [-0.25, -0.2) is 4.79 Å². The Labute approximate surface area is 180 Å². The molecule has 1 aliphatic rings. The number of ether oxygens (including phenoxy) is 1. The SMILES string of the molecule is Cc1nc2ccccc2c(C)c1C(=O)OCC(=O)Nc1ccc(N2CCCC2=O)cc1. The highest BCUT2D eigenvalue weighted by atomic mass is 16.5. The number of carbonyl (C=O) groups excluding carboxylic acids is 3. The van der Waals surface area contributed by atoms with Crippen LogP contribution in [0.2, 0.25) is 0 Å². The zero-order valence-corrected chi connectivity index (χ0v) is 17.5. The number of anilines is 2. The van der Waals surface area contributed by atoms with Crippen molar-refractivity contribution in [3.63, 3.8) is 0 Å². The van der Waals surface area contributed by atoms with E-state index in [1.165, 1.54) is 0 Å². The van der Waals surface area contributed by atoms with Gasteiger partial charge in [0.25, 0.3) is 5.91 Å². The molecule has 1 fully saturated rings. The molecule has 7 nitrogen and oxygen atoms in total. The first kappa shape index (κ1) is 20.5. The van der Waals surface area contributed by atoms with Crippen LogP contribution in [0, 0.1) is 13.8 Å². The van der Waals surface area contributed by atoms with Gasteiger partial charge in [0.1, 0.15) is 0 Å². The van der Waals surface area contributed by atoms with E-state index < -0.39 is 18.5 Å². The minimum Gasteiger partial charge on any atom is -0.452 e. The lowest BCUT2D eigenvalue weighted by Gasteiger charge is -2.16. The number of hydrogen-bond acceptors (Lipinski definition) is 5. The minimum atomic E-state index is -0.578. The molecule has 0 atom stereocenters. The van der Waals surface area contributed by atoms with Crippen LogP contribution in [-0.4, -0.2) is 35.9 Å². The quantitative estimate of drug-likeness (QED) is 0.639. The first-order chi connectivity index (χ1) is 14.9. The molecule has 3 aromatic rings. The molecule has 2 heterocycles. The number of aryl methyl sites for hydroxylation is 2. The van der Waals surface area contributed by atoms with E-state index in [-0.39, 0.29) is 5.91 Å². The fourth-order valence-electron chi connectivity index (χ4n) is 3.88. The number of aromatic nitrogens is 1. The largest absolute Gasteiger partial charge is 0.452 e. The topological polar surface area (TPSA) is 88.6 Å². The van der Waals surface area contributed by atoms with E-state index in [9.17, 15) is 14.4 Å². The van der Waals surface area contributed by atoms with Gasteiger partial charge in [0.15, 0.2) is 6.61 Å². The predicted octanol–water partition coefficient (Wildman–Crippen LogP) is 3.77. The smallest absolute Gasteiger partial charge is 0.340 e. The highest BCUT2D eigenvalue weighted by Gasteiger charge is 2.22. The minimum absolute atomic E-state index is 0.109. The van der Waals surface area contributed by atoms with Crippen molar-refractivity contribution in [1.82, 2.24) is 4.98 Å². The van der Waals surface area contributed by atoms with E-state index in [0.717, 1.165) is 28.6 Å². The van der Waals surface area contributed by atoms with Crippen LogP contribution < -0.4 is 10.2 Å². The van der Waals surface area contributed by atoms with Gasteiger partial charge in [0, 0.05) is 29.7 Å². The average Bonchev–Trinajstić information content (AvgIpc) is 3.19. The Bertz CT molecular complexity index is 1170. The van der Waals surface area contributed by atoms with Crippen LogP contribution in [0.4, 0.5) is 11.4 Å². The van der Waals surface area contributed by atoms with Gasteiger partial charge < -0.3 is 15.0 Å². The number of nitrogens with one attached hydrogen (secondary N) is 1. The van der Waals surface area contributed by atoms with Gasteiger partial charge in [0.2, 0.25) is 5.91 Å². The van der Waals surface area contributed by atoms with Gasteiger partial charge in [-0.05, 0) is 56.2 Å². The average molecular weight is 417 g/mol. The number of para-hydroxylation sites is 1. The molecule has 7 heteroatoms. The Morgan fingerprint density at radius 3 is 2.55 bits per heavy atom. The standard InChI is InChI=1S/C24H23N3O4/c1-15-19-6-3-4-7-20(19)25-16(2)23(15)24(30)31-14-21(28)26-17-9-11-18(12-10-17)27-13-5-8-22(27)29/h3-4,6-7,9-12H,5,8,13-14H2,1-2H3,(H,26,28). The van der Waals surface area contributed by atoms with Crippen LogP contribution in [-0.2, 0) is 14.3 Å². The number of benzene rings is 2. The number of hydrogen-bond donors (Lipinski definition) is 1. The van der Waals surface area contributed by atoms with E-state index >= 15 is 0 Å². The molecule has 4 rings (SSSR count). The third-order valence-corrected chi connectivity index (χ3v) is 5.41. The number of amides is 2. The fraction of sp³-hybridized carbons (Fsp3) is 0.250. The molecule has 0 spiro atoms. The van der Waals surface area contributed by atoms with Crippen molar-refractivity contribution in [3.8, 4) is 0 Å². The van der Waals surface area contributed by atoms with Gasteiger partial charge in [0.05, 0.1) is 16.8 Å². The van der Waals surface area contributed by atoms with Crippen LogP contribution in [0.15, 0.2) is 48.5 Å². The first-order valence-electron chi connectivity index (χ1n) is 10.2. The summed E-state index contributed by atoms with van der Waals surface area (Å²) in [6.07, 6.45) is 1.42.